The molecule has 0 amide bonds. The highest BCUT2D eigenvalue weighted by atomic mass is 16.1. The molecule has 0 fully saturated rings. The van der Waals surface area contributed by atoms with Crippen LogP contribution in [0.15, 0.2) is 47.3 Å². The van der Waals surface area contributed by atoms with E-state index in [-0.39, 0.29) is 5.56 Å². The minimum Gasteiger partial charge on any atom is -0.398 e. The smallest absolute Gasteiger partial charge is 0.256 e. The zero-order chi connectivity index (χ0) is 11.1. The van der Waals surface area contributed by atoms with Crippen molar-refractivity contribution in [1.82, 2.24) is 4.98 Å². The fraction of sp³-hybridized carbons (Fsp3) is 0. The number of aromatic nitrogens is 1. The molecular formula is C13H10N2O. The SMILES string of the molecule is Nc1cccc2c(=O)[nH]c3ccccc3c12. The van der Waals surface area contributed by atoms with E-state index in [0.717, 1.165) is 16.3 Å². The highest BCUT2D eigenvalue weighted by molar-refractivity contribution is 6.11. The summed E-state index contributed by atoms with van der Waals surface area (Å²) >= 11 is 0. The lowest BCUT2D eigenvalue weighted by Gasteiger charge is -2.05. The van der Waals surface area contributed by atoms with E-state index in [0.29, 0.717) is 11.1 Å². The summed E-state index contributed by atoms with van der Waals surface area (Å²) in [6.07, 6.45) is 0. The highest BCUT2D eigenvalue weighted by Gasteiger charge is 2.06. The van der Waals surface area contributed by atoms with Crippen LogP contribution in [0.3, 0.4) is 0 Å². The van der Waals surface area contributed by atoms with Gasteiger partial charge in [0.15, 0.2) is 0 Å². The molecule has 0 radical (unpaired) electrons. The minimum atomic E-state index is -0.0963. The molecule has 3 nitrogen and oxygen atoms in total. The number of hydrogen-bond donors (Lipinski definition) is 2. The van der Waals surface area contributed by atoms with Crippen LogP contribution in [0.4, 0.5) is 5.69 Å². The van der Waals surface area contributed by atoms with Gasteiger partial charge in [-0.05, 0) is 18.2 Å². The Kier molecular flexibility index (Phi) is 1.74. The lowest BCUT2D eigenvalue weighted by Crippen LogP contribution is -2.07. The molecule has 0 saturated carbocycles. The van der Waals surface area contributed by atoms with Crippen molar-refractivity contribution in [3.8, 4) is 0 Å². The molecule has 3 N–H and O–H groups in total. The van der Waals surface area contributed by atoms with Crippen LogP contribution in [0.2, 0.25) is 0 Å². The fourth-order valence-corrected chi connectivity index (χ4v) is 2.06. The van der Waals surface area contributed by atoms with Crippen LogP contribution in [0, 0.1) is 0 Å². The average molecular weight is 210 g/mol. The second-order valence-corrected chi connectivity index (χ2v) is 3.77. The molecule has 0 aliphatic rings. The maximum absolute atomic E-state index is 11.8. The quantitative estimate of drug-likeness (QED) is 0.441. The van der Waals surface area contributed by atoms with Crippen molar-refractivity contribution >= 4 is 27.4 Å². The zero-order valence-corrected chi connectivity index (χ0v) is 8.53. The molecule has 16 heavy (non-hydrogen) atoms. The second kappa shape index (κ2) is 3.10. The number of para-hydroxylation sites is 1. The van der Waals surface area contributed by atoms with Crippen LogP contribution in [0.1, 0.15) is 0 Å². The number of nitrogens with two attached hydrogens (primary N) is 1. The van der Waals surface area contributed by atoms with Gasteiger partial charge in [-0.3, -0.25) is 4.79 Å². The highest BCUT2D eigenvalue weighted by Crippen LogP contribution is 2.25. The zero-order valence-electron chi connectivity index (χ0n) is 8.53. The number of benzene rings is 2. The van der Waals surface area contributed by atoms with Crippen molar-refractivity contribution in [3.63, 3.8) is 0 Å². The number of aromatic amines is 1. The van der Waals surface area contributed by atoms with Gasteiger partial charge in [-0.25, -0.2) is 0 Å². The van der Waals surface area contributed by atoms with Crippen LogP contribution in [-0.4, -0.2) is 4.98 Å². The Bertz CT molecular complexity index is 744. The maximum atomic E-state index is 11.8. The van der Waals surface area contributed by atoms with Crippen molar-refractivity contribution in [2.45, 2.75) is 0 Å². The standard InChI is InChI=1S/C13H10N2O/c14-10-6-3-5-9-12(10)8-4-1-2-7-11(8)15-13(9)16/h1-7H,14H2,(H,15,16). The first-order chi connectivity index (χ1) is 7.77. The molecule has 3 heteroatoms. The topological polar surface area (TPSA) is 58.9 Å². The van der Waals surface area contributed by atoms with Gasteiger partial charge in [0.05, 0.1) is 0 Å². The molecule has 0 aliphatic heterocycles. The molecule has 0 atom stereocenters. The van der Waals surface area contributed by atoms with Gasteiger partial charge in [-0.2, -0.15) is 0 Å². The van der Waals surface area contributed by atoms with Crippen molar-refractivity contribution in [3.05, 3.63) is 52.8 Å². The van der Waals surface area contributed by atoms with E-state index in [1.165, 1.54) is 0 Å². The van der Waals surface area contributed by atoms with Gasteiger partial charge in [-0.15, -0.1) is 0 Å². The number of pyridine rings is 1. The molecule has 0 saturated heterocycles. The number of nitrogen functional groups attached to an aromatic ring is 1. The Balaban J connectivity index is 2.73. The van der Waals surface area contributed by atoms with Gasteiger partial charge in [0.2, 0.25) is 0 Å². The number of fused-ring (bicyclic) bond motifs is 3. The Morgan fingerprint density at radius 1 is 0.938 bits per heavy atom. The Hall–Kier alpha value is -2.29. The number of hydrogen-bond acceptors (Lipinski definition) is 2. The minimum absolute atomic E-state index is 0.0963. The van der Waals surface area contributed by atoms with E-state index < -0.39 is 0 Å². The third-order valence-electron chi connectivity index (χ3n) is 2.79. The molecular weight excluding hydrogens is 200 g/mol. The largest absolute Gasteiger partial charge is 0.398 e. The molecule has 1 heterocycles. The lowest BCUT2D eigenvalue weighted by molar-refractivity contribution is 1.34. The molecule has 0 aliphatic carbocycles. The monoisotopic (exact) mass is 210 g/mol. The van der Waals surface area contributed by atoms with Crippen LogP contribution < -0.4 is 11.3 Å². The summed E-state index contributed by atoms with van der Waals surface area (Å²) in [4.78, 5) is 14.7. The van der Waals surface area contributed by atoms with Crippen molar-refractivity contribution in [1.29, 1.82) is 0 Å². The first-order valence-corrected chi connectivity index (χ1v) is 5.06. The predicted molar refractivity (Wildman–Crippen MR) is 66.5 cm³/mol. The normalized spacial score (nSPS) is 11.0. The summed E-state index contributed by atoms with van der Waals surface area (Å²) in [5, 5.41) is 2.45. The van der Waals surface area contributed by atoms with Gasteiger partial charge < -0.3 is 10.7 Å². The van der Waals surface area contributed by atoms with Crippen LogP contribution in [-0.2, 0) is 0 Å². The number of anilines is 1. The predicted octanol–water partition coefficient (Wildman–Crippen LogP) is 2.26. The first-order valence-electron chi connectivity index (χ1n) is 5.06. The van der Waals surface area contributed by atoms with E-state index in [1.807, 2.05) is 30.3 Å². The maximum Gasteiger partial charge on any atom is 0.256 e. The summed E-state index contributed by atoms with van der Waals surface area (Å²) in [6.45, 7) is 0. The van der Waals surface area contributed by atoms with Gasteiger partial charge in [0, 0.05) is 27.4 Å². The van der Waals surface area contributed by atoms with Gasteiger partial charge >= 0.3 is 0 Å². The van der Waals surface area contributed by atoms with Gasteiger partial charge in [-0.1, -0.05) is 24.3 Å². The number of rotatable bonds is 0. The third kappa shape index (κ3) is 1.11. The molecule has 3 rings (SSSR count). The fourth-order valence-electron chi connectivity index (χ4n) is 2.06. The molecule has 2 aromatic carbocycles. The van der Waals surface area contributed by atoms with E-state index in [9.17, 15) is 4.79 Å². The van der Waals surface area contributed by atoms with E-state index >= 15 is 0 Å². The first kappa shape index (κ1) is 8.97. The summed E-state index contributed by atoms with van der Waals surface area (Å²) in [6, 6.07) is 13.1. The molecule has 0 bridgehead atoms. The average Bonchev–Trinajstić information content (AvgIpc) is 2.30. The molecule has 1 aromatic heterocycles. The van der Waals surface area contributed by atoms with Crippen molar-refractivity contribution in [2.75, 3.05) is 5.73 Å². The van der Waals surface area contributed by atoms with Crippen molar-refractivity contribution in [2.24, 2.45) is 0 Å². The summed E-state index contributed by atoms with van der Waals surface area (Å²) in [5.74, 6) is 0. The Morgan fingerprint density at radius 2 is 1.69 bits per heavy atom. The molecule has 0 spiro atoms. The Morgan fingerprint density at radius 3 is 2.56 bits per heavy atom. The molecule has 0 unspecified atom stereocenters. The van der Waals surface area contributed by atoms with E-state index in [2.05, 4.69) is 4.98 Å². The summed E-state index contributed by atoms with van der Waals surface area (Å²) in [5.41, 5.74) is 7.30. The van der Waals surface area contributed by atoms with E-state index in [1.54, 1.807) is 12.1 Å². The van der Waals surface area contributed by atoms with Crippen LogP contribution in [0.25, 0.3) is 21.7 Å². The Labute approximate surface area is 91.5 Å². The number of H-pyrrole nitrogens is 1. The van der Waals surface area contributed by atoms with Gasteiger partial charge in [0.25, 0.3) is 5.56 Å². The summed E-state index contributed by atoms with van der Waals surface area (Å²) in [7, 11) is 0. The molecule has 3 aromatic rings. The lowest BCUT2D eigenvalue weighted by atomic mass is 10.1. The summed E-state index contributed by atoms with van der Waals surface area (Å²) < 4.78 is 0. The van der Waals surface area contributed by atoms with Gasteiger partial charge in [0.1, 0.15) is 0 Å². The number of nitrogens with one attached hydrogen (secondary N) is 1. The third-order valence-corrected chi connectivity index (χ3v) is 2.79. The van der Waals surface area contributed by atoms with Crippen LogP contribution in [0.5, 0.6) is 0 Å². The van der Waals surface area contributed by atoms with E-state index in [4.69, 9.17) is 5.73 Å². The van der Waals surface area contributed by atoms with Crippen molar-refractivity contribution < 1.29 is 0 Å². The van der Waals surface area contributed by atoms with Crippen LogP contribution >= 0.6 is 0 Å². The second-order valence-electron chi connectivity index (χ2n) is 3.77. The molecule has 78 valence electrons.